The Kier molecular flexibility index (Phi) is 5.81. The van der Waals surface area contributed by atoms with Crippen molar-refractivity contribution in [3.8, 4) is 0 Å². The summed E-state index contributed by atoms with van der Waals surface area (Å²) in [5.41, 5.74) is -0.293. The maximum Gasteiger partial charge on any atom is 0.494 e. The van der Waals surface area contributed by atoms with E-state index in [9.17, 15) is 4.79 Å². The van der Waals surface area contributed by atoms with Gasteiger partial charge in [0.05, 0.1) is 11.2 Å². The molecule has 2 saturated heterocycles. The van der Waals surface area contributed by atoms with Crippen molar-refractivity contribution in [2.45, 2.75) is 58.3 Å². The zero-order valence-corrected chi connectivity index (χ0v) is 18.0. The van der Waals surface area contributed by atoms with Crippen LogP contribution in [0.2, 0.25) is 0 Å². The van der Waals surface area contributed by atoms with Gasteiger partial charge in [0.15, 0.2) is 0 Å². The van der Waals surface area contributed by atoms with Gasteiger partial charge in [-0.1, -0.05) is 30.3 Å². The van der Waals surface area contributed by atoms with Gasteiger partial charge in [-0.05, 0) is 47.0 Å². The Morgan fingerprint density at radius 2 is 1.68 bits per heavy atom. The molecule has 28 heavy (non-hydrogen) atoms. The minimum absolute atomic E-state index is 0.233. The van der Waals surface area contributed by atoms with Crippen LogP contribution in [-0.4, -0.2) is 72.5 Å². The Morgan fingerprint density at radius 1 is 1.07 bits per heavy atom. The molecule has 154 valence electrons. The fraction of sp³-hybridized carbons (Fsp3) is 0.667. The molecule has 1 amide bonds. The van der Waals surface area contributed by atoms with Crippen LogP contribution >= 0.6 is 0 Å². The molecule has 2 fully saturated rings. The van der Waals surface area contributed by atoms with Crippen LogP contribution in [0.15, 0.2) is 30.3 Å². The fourth-order valence-electron chi connectivity index (χ4n) is 3.61. The predicted molar refractivity (Wildman–Crippen MR) is 111 cm³/mol. The van der Waals surface area contributed by atoms with Crippen LogP contribution in [0.5, 0.6) is 0 Å². The number of rotatable bonds is 3. The van der Waals surface area contributed by atoms with Crippen LogP contribution in [0.1, 0.15) is 41.5 Å². The zero-order valence-electron chi connectivity index (χ0n) is 18.0. The second-order valence-electron chi connectivity index (χ2n) is 9.46. The van der Waals surface area contributed by atoms with Crippen LogP contribution in [0.3, 0.4) is 0 Å². The van der Waals surface area contributed by atoms with Gasteiger partial charge in [-0.2, -0.15) is 0 Å². The summed E-state index contributed by atoms with van der Waals surface area (Å²) >= 11 is 0. The fourth-order valence-corrected chi connectivity index (χ4v) is 3.61. The molecule has 0 aromatic heterocycles. The molecule has 0 radical (unpaired) electrons. The summed E-state index contributed by atoms with van der Waals surface area (Å²) < 4.78 is 18.2. The van der Waals surface area contributed by atoms with Crippen molar-refractivity contribution < 1.29 is 18.8 Å². The maximum absolute atomic E-state index is 12.3. The summed E-state index contributed by atoms with van der Waals surface area (Å²) in [6, 6.07) is 10.1. The minimum atomic E-state index is -0.465. The van der Waals surface area contributed by atoms with E-state index < -0.39 is 16.8 Å². The predicted octanol–water partition coefficient (Wildman–Crippen LogP) is 2.52. The van der Waals surface area contributed by atoms with E-state index in [0.717, 1.165) is 25.1 Å². The molecule has 0 N–H and O–H groups in total. The molecular weight excluding hydrogens is 355 g/mol. The van der Waals surface area contributed by atoms with Crippen molar-refractivity contribution in [1.82, 2.24) is 9.80 Å². The highest BCUT2D eigenvalue weighted by Crippen LogP contribution is 2.38. The van der Waals surface area contributed by atoms with E-state index in [0.29, 0.717) is 13.1 Å². The van der Waals surface area contributed by atoms with Crippen molar-refractivity contribution in [2.24, 2.45) is 0 Å². The topological polar surface area (TPSA) is 51.2 Å². The van der Waals surface area contributed by atoms with Gasteiger partial charge in [-0.25, -0.2) is 4.79 Å². The van der Waals surface area contributed by atoms with Gasteiger partial charge in [0.2, 0.25) is 0 Å². The van der Waals surface area contributed by atoms with Crippen molar-refractivity contribution in [2.75, 3.05) is 32.7 Å². The molecule has 3 rings (SSSR count). The van der Waals surface area contributed by atoms with Crippen molar-refractivity contribution in [3.63, 3.8) is 0 Å². The van der Waals surface area contributed by atoms with Crippen molar-refractivity contribution in [3.05, 3.63) is 30.3 Å². The summed E-state index contributed by atoms with van der Waals surface area (Å²) in [6.07, 6.45) is -0.233. The average Bonchev–Trinajstić information content (AvgIpc) is 2.84. The number of nitrogens with zero attached hydrogens (tertiary/aromatic N) is 2. The van der Waals surface area contributed by atoms with Gasteiger partial charge >= 0.3 is 13.2 Å². The first kappa shape index (κ1) is 21.2. The third-order valence-corrected chi connectivity index (χ3v) is 5.66. The van der Waals surface area contributed by atoms with E-state index in [4.69, 9.17) is 14.0 Å². The van der Waals surface area contributed by atoms with E-state index in [2.05, 4.69) is 25.7 Å². The number of benzene rings is 1. The number of ether oxygens (including phenoxy) is 1. The van der Waals surface area contributed by atoms with Gasteiger partial charge in [0.25, 0.3) is 0 Å². The molecule has 7 heteroatoms. The van der Waals surface area contributed by atoms with Crippen LogP contribution in [0.4, 0.5) is 4.79 Å². The largest absolute Gasteiger partial charge is 0.494 e. The molecule has 1 aromatic rings. The van der Waals surface area contributed by atoms with Crippen LogP contribution in [0, 0.1) is 0 Å². The number of carbonyl (C=O) groups is 1. The highest BCUT2D eigenvalue weighted by molar-refractivity contribution is 6.62. The highest BCUT2D eigenvalue weighted by atomic mass is 16.7. The van der Waals surface area contributed by atoms with E-state index in [1.807, 2.05) is 51.1 Å². The van der Waals surface area contributed by atoms with Crippen LogP contribution in [0.25, 0.3) is 0 Å². The Balaban J connectivity index is 1.59. The number of piperazine rings is 1. The second-order valence-corrected chi connectivity index (χ2v) is 9.46. The molecule has 0 bridgehead atoms. The molecule has 2 aliphatic rings. The number of hydrogen-bond acceptors (Lipinski definition) is 5. The number of hydrogen-bond donors (Lipinski definition) is 0. The second kappa shape index (κ2) is 7.69. The normalized spacial score (nSPS) is 25.8. The van der Waals surface area contributed by atoms with Gasteiger partial charge in [-0.15, -0.1) is 0 Å². The Labute approximate surface area is 169 Å². The lowest BCUT2D eigenvalue weighted by Crippen LogP contribution is -2.57. The first-order valence-corrected chi connectivity index (χ1v) is 10.1. The molecule has 1 unspecified atom stereocenters. The van der Waals surface area contributed by atoms with E-state index in [-0.39, 0.29) is 13.2 Å². The summed E-state index contributed by atoms with van der Waals surface area (Å²) in [6.45, 7) is 15.7. The Morgan fingerprint density at radius 3 is 2.25 bits per heavy atom. The molecule has 2 heterocycles. The summed E-state index contributed by atoms with van der Waals surface area (Å²) in [7, 11) is -0.357. The molecule has 1 aromatic carbocycles. The Hall–Kier alpha value is -1.57. The molecule has 6 nitrogen and oxygen atoms in total. The standard InChI is InChI=1S/C21H33BN2O4/c1-19(2,3)26-18(25)24-14-12-23(13-15-24)16-21(6)20(4,5)27-22(28-21)17-10-8-7-9-11-17/h7-11H,12-16H2,1-6H3. The smallest absolute Gasteiger partial charge is 0.444 e. The lowest BCUT2D eigenvalue weighted by molar-refractivity contribution is -0.0433. The Bertz CT molecular complexity index is 683. The molecule has 2 aliphatic heterocycles. The monoisotopic (exact) mass is 388 g/mol. The molecular formula is C21H33BN2O4. The van der Waals surface area contributed by atoms with Gasteiger partial charge < -0.3 is 18.9 Å². The molecule has 0 saturated carbocycles. The summed E-state index contributed by atoms with van der Waals surface area (Å²) in [5, 5.41) is 0. The van der Waals surface area contributed by atoms with E-state index >= 15 is 0 Å². The first-order valence-electron chi connectivity index (χ1n) is 10.1. The van der Waals surface area contributed by atoms with Gasteiger partial charge in [0, 0.05) is 32.7 Å². The molecule has 1 atom stereocenters. The molecule has 0 spiro atoms. The third-order valence-electron chi connectivity index (χ3n) is 5.66. The van der Waals surface area contributed by atoms with Crippen molar-refractivity contribution >= 4 is 18.7 Å². The highest BCUT2D eigenvalue weighted by Gasteiger charge is 2.55. The van der Waals surface area contributed by atoms with Crippen LogP contribution < -0.4 is 5.46 Å². The quantitative estimate of drug-likeness (QED) is 0.745. The first-order chi connectivity index (χ1) is 13.0. The SMILES string of the molecule is CC(C)(C)OC(=O)N1CCN(CC2(C)OB(c3ccccc3)OC2(C)C)CC1. The third kappa shape index (κ3) is 4.70. The maximum atomic E-state index is 12.3. The minimum Gasteiger partial charge on any atom is -0.444 e. The van der Waals surface area contributed by atoms with Gasteiger partial charge in [-0.3, -0.25) is 4.90 Å². The van der Waals surface area contributed by atoms with Crippen molar-refractivity contribution in [1.29, 1.82) is 0 Å². The summed E-state index contributed by atoms with van der Waals surface area (Å²) in [5.74, 6) is 0. The summed E-state index contributed by atoms with van der Waals surface area (Å²) in [4.78, 5) is 16.4. The number of carbonyl (C=O) groups excluding carboxylic acids is 1. The number of amides is 1. The average molecular weight is 388 g/mol. The van der Waals surface area contributed by atoms with Crippen LogP contribution in [-0.2, 0) is 14.0 Å². The zero-order chi connectivity index (χ0) is 20.6. The van der Waals surface area contributed by atoms with E-state index in [1.165, 1.54) is 0 Å². The molecule has 0 aliphatic carbocycles. The van der Waals surface area contributed by atoms with E-state index in [1.54, 1.807) is 4.90 Å². The lowest BCUT2D eigenvalue weighted by atomic mass is 9.79. The van der Waals surface area contributed by atoms with Gasteiger partial charge in [0.1, 0.15) is 5.60 Å². The lowest BCUT2D eigenvalue weighted by Gasteiger charge is -2.43.